The molecular weight excluding hydrogens is 340 g/mol. The highest BCUT2D eigenvalue weighted by Gasteiger charge is 2.27. The zero-order valence-electron chi connectivity index (χ0n) is 15.3. The lowest BCUT2D eigenvalue weighted by Gasteiger charge is -2.31. The minimum Gasteiger partial charge on any atom is -0.338 e. The third kappa shape index (κ3) is 3.58. The van der Waals surface area contributed by atoms with Crippen LogP contribution in [0.25, 0.3) is 11.4 Å². The van der Waals surface area contributed by atoms with E-state index in [1.807, 2.05) is 42.2 Å². The molecule has 0 unspecified atom stereocenters. The molecule has 138 valence electrons. The second-order valence-corrected chi connectivity index (χ2v) is 6.71. The number of hydrogen-bond donors (Lipinski definition) is 1. The average molecular weight is 362 g/mol. The van der Waals surface area contributed by atoms with Gasteiger partial charge in [0.1, 0.15) is 12.2 Å². The third-order valence-electron chi connectivity index (χ3n) is 5.06. The summed E-state index contributed by atoms with van der Waals surface area (Å²) in [5.41, 5.74) is 2.42. The lowest BCUT2D eigenvalue weighted by atomic mass is 9.95. The summed E-state index contributed by atoms with van der Waals surface area (Å²) < 4.78 is 0. The molecule has 1 aliphatic rings. The fraction of sp³-hybridized carbons (Fsp3) is 0.350. The Balaban J connectivity index is 1.42. The Labute approximate surface area is 157 Å². The summed E-state index contributed by atoms with van der Waals surface area (Å²) >= 11 is 0. The summed E-state index contributed by atoms with van der Waals surface area (Å²) in [6.07, 6.45) is 5.58. The standard InChI is InChI=1S/C20H22N6O/c1-2-17-16(12-21-13-22-17)20(27)26-10-8-15(9-11-26)19-23-18(24-25-19)14-6-4-3-5-7-14/h3-7,12-13,15H,2,8-11H2,1H3,(H,23,24,25). The molecule has 3 heterocycles. The van der Waals surface area contributed by atoms with E-state index in [2.05, 4.69) is 25.1 Å². The first-order chi connectivity index (χ1) is 13.3. The number of carbonyl (C=O) groups is 1. The number of nitrogens with one attached hydrogen (secondary N) is 1. The minimum absolute atomic E-state index is 0.0217. The number of rotatable bonds is 4. The van der Waals surface area contributed by atoms with Crippen molar-refractivity contribution in [1.82, 2.24) is 30.0 Å². The van der Waals surface area contributed by atoms with Gasteiger partial charge in [0.15, 0.2) is 5.82 Å². The Morgan fingerprint density at radius 3 is 2.74 bits per heavy atom. The predicted molar refractivity (Wildman–Crippen MR) is 101 cm³/mol. The maximum absolute atomic E-state index is 12.8. The molecule has 1 fully saturated rings. The highest BCUT2D eigenvalue weighted by molar-refractivity contribution is 5.95. The van der Waals surface area contributed by atoms with Gasteiger partial charge in [0, 0.05) is 30.8 Å². The zero-order valence-corrected chi connectivity index (χ0v) is 15.3. The van der Waals surface area contributed by atoms with Crippen molar-refractivity contribution in [3.05, 3.63) is 59.9 Å². The molecule has 0 bridgehead atoms. The first-order valence-electron chi connectivity index (χ1n) is 9.32. The maximum atomic E-state index is 12.8. The Morgan fingerprint density at radius 2 is 2.00 bits per heavy atom. The Hall–Kier alpha value is -3.09. The van der Waals surface area contributed by atoms with Crippen LogP contribution in [0.15, 0.2) is 42.9 Å². The van der Waals surface area contributed by atoms with Crippen molar-refractivity contribution in [2.45, 2.75) is 32.1 Å². The summed E-state index contributed by atoms with van der Waals surface area (Å²) in [6, 6.07) is 9.94. The van der Waals surface area contributed by atoms with Crippen LogP contribution < -0.4 is 0 Å². The topological polar surface area (TPSA) is 87.7 Å². The highest BCUT2D eigenvalue weighted by atomic mass is 16.2. The normalized spacial score (nSPS) is 15.1. The number of likely N-dealkylation sites (tertiary alicyclic amines) is 1. The van der Waals surface area contributed by atoms with E-state index in [-0.39, 0.29) is 11.8 Å². The molecule has 0 radical (unpaired) electrons. The van der Waals surface area contributed by atoms with Gasteiger partial charge in [-0.2, -0.15) is 5.10 Å². The van der Waals surface area contributed by atoms with Gasteiger partial charge in [0.25, 0.3) is 5.91 Å². The molecule has 7 heteroatoms. The zero-order chi connectivity index (χ0) is 18.6. The van der Waals surface area contributed by atoms with E-state index < -0.39 is 0 Å². The van der Waals surface area contributed by atoms with Crippen LogP contribution in [0.5, 0.6) is 0 Å². The van der Waals surface area contributed by atoms with Gasteiger partial charge < -0.3 is 4.90 Å². The number of aromatic amines is 1. The van der Waals surface area contributed by atoms with Gasteiger partial charge in [0.05, 0.1) is 11.3 Å². The van der Waals surface area contributed by atoms with E-state index in [4.69, 9.17) is 0 Å². The molecule has 1 N–H and O–H groups in total. The first kappa shape index (κ1) is 17.3. The predicted octanol–water partition coefficient (Wildman–Crippen LogP) is 2.84. The first-order valence-corrected chi connectivity index (χ1v) is 9.32. The Kier molecular flexibility index (Phi) is 4.91. The summed E-state index contributed by atoms with van der Waals surface area (Å²) in [7, 11) is 0. The van der Waals surface area contributed by atoms with E-state index in [1.165, 1.54) is 6.33 Å². The van der Waals surface area contributed by atoms with Gasteiger partial charge in [-0.3, -0.25) is 9.89 Å². The summed E-state index contributed by atoms with van der Waals surface area (Å²) in [6.45, 7) is 3.39. The fourth-order valence-corrected chi connectivity index (χ4v) is 3.51. The monoisotopic (exact) mass is 362 g/mol. The quantitative estimate of drug-likeness (QED) is 0.771. The summed E-state index contributed by atoms with van der Waals surface area (Å²) in [5.74, 6) is 1.93. The number of amides is 1. The van der Waals surface area contributed by atoms with Crippen LogP contribution in [0.4, 0.5) is 0 Å². The molecule has 2 aromatic heterocycles. The number of piperidine rings is 1. The molecule has 0 spiro atoms. The van der Waals surface area contributed by atoms with Gasteiger partial charge in [-0.15, -0.1) is 0 Å². The smallest absolute Gasteiger partial charge is 0.257 e. The number of nitrogens with zero attached hydrogens (tertiary/aromatic N) is 5. The average Bonchev–Trinajstić information content (AvgIpc) is 3.24. The van der Waals surface area contributed by atoms with Gasteiger partial charge in [0.2, 0.25) is 0 Å². The second-order valence-electron chi connectivity index (χ2n) is 6.71. The summed E-state index contributed by atoms with van der Waals surface area (Å²) in [4.78, 5) is 27.6. The van der Waals surface area contributed by atoms with Crippen LogP contribution in [0.3, 0.4) is 0 Å². The molecule has 27 heavy (non-hydrogen) atoms. The number of hydrogen-bond acceptors (Lipinski definition) is 5. The van der Waals surface area contributed by atoms with Crippen molar-refractivity contribution in [1.29, 1.82) is 0 Å². The molecule has 1 aliphatic heterocycles. The molecule has 7 nitrogen and oxygen atoms in total. The van der Waals surface area contributed by atoms with Crippen molar-refractivity contribution >= 4 is 5.91 Å². The largest absolute Gasteiger partial charge is 0.338 e. The SMILES string of the molecule is CCc1ncncc1C(=O)N1CCC(c2nc(-c3ccccc3)n[nH]2)CC1. The van der Waals surface area contributed by atoms with Crippen LogP contribution in [0.1, 0.15) is 47.6 Å². The van der Waals surface area contributed by atoms with Crippen molar-refractivity contribution in [2.24, 2.45) is 0 Å². The van der Waals surface area contributed by atoms with E-state index >= 15 is 0 Å². The fourth-order valence-electron chi connectivity index (χ4n) is 3.51. The van der Waals surface area contributed by atoms with E-state index in [0.29, 0.717) is 18.7 Å². The minimum atomic E-state index is 0.0217. The second kappa shape index (κ2) is 7.65. The van der Waals surface area contributed by atoms with Crippen LogP contribution in [-0.4, -0.2) is 49.0 Å². The lowest BCUT2D eigenvalue weighted by molar-refractivity contribution is 0.0709. The molecule has 1 aromatic carbocycles. The lowest BCUT2D eigenvalue weighted by Crippen LogP contribution is -2.38. The van der Waals surface area contributed by atoms with Crippen LogP contribution in [0, 0.1) is 0 Å². The van der Waals surface area contributed by atoms with Crippen molar-refractivity contribution in [3.63, 3.8) is 0 Å². The molecule has 0 atom stereocenters. The molecule has 0 aliphatic carbocycles. The Morgan fingerprint density at radius 1 is 1.22 bits per heavy atom. The number of benzene rings is 1. The van der Waals surface area contributed by atoms with Gasteiger partial charge >= 0.3 is 0 Å². The molecule has 0 saturated carbocycles. The van der Waals surface area contributed by atoms with Gasteiger partial charge in [-0.1, -0.05) is 37.3 Å². The highest BCUT2D eigenvalue weighted by Crippen LogP contribution is 2.28. The van der Waals surface area contributed by atoms with Crippen molar-refractivity contribution in [3.8, 4) is 11.4 Å². The molecular formula is C20H22N6O. The number of H-pyrrole nitrogens is 1. The van der Waals surface area contributed by atoms with Gasteiger partial charge in [-0.05, 0) is 19.3 Å². The van der Waals surface area contributed by atoms with Gasteiger partial charge in [-0.25, -0.2) is 15.0 Å². The third-order valence-corrected chi connectivity index (χ3v) is 5.06. The molecule has 3 aromatic rings. The maximum Gasteiger partial charge on any atom is 0.257 e. The van der Waals surface area contributed by atoms with Crippen LogP contribution >= 0.6 is 0 Å². The number of aryl methyl sites for hydroxylation is 1. The van der Waals surface area contributed by atoms with Crippen LogP contribution in [-0.2, 0) is 6.42 Å². The van der Waals surface area contributed by atoms with Crippen molar-refractivity contribution < 1.29 is 4.79 Å². The molecule has 1 amide bonds. The molecule has 4 rings (SSSR count). The van der Waals surface area contributed by atoms with Crippen LogP contribution in [0.2, 0.25) is 0 Å². The number of aromatic nitrogens is 5. The number of carbonyl (C=O) groups excluding carboxylic acids is 1. The Bertz CT molecular complexity index is 915. The molecule has 1 saturated heterocycles. The van der Waals surface area contributed by atoms with E-state index in [1.54, 1.807) is 6.20 Å². The van der Waals surface area contributed by atoms with E-state index in [0.717, 1.165) is 42.2 Å². The summed E-state index contributed by atoms with van der Waals surface area (Å²) in [5, 5.41) is 7.44. The van der Waals surface area contributed by atoms with E-state index in [9.17, 15) is 4.79 Å². The van der Waals surface area contributed by atoms with Crippen molar-refractivity contribution in [2.75, 3.05) is 13.1 Å².